The molecule has 0 saturated heterocycles. The van der Waals surface area contributed by atoms with Gasteiger partial charge in [-0.1, -0.05) is 6.07 Å². The van der Waals surface area contributed by atoms with Crippen LogP contribution in [0.4, 0.5) is 0 Å². The van der Waals surface area contributed by atoms with Crippen molar-refractivity contribution in [2.75, 3.05) is 7.11 Å². The number of methoxy groups -OCH3 is 1. The van der Waals surface area contributed by atoms with Gasteiger partial charge in [0.15, 0.2) is 11.5 Å². The Morgan fingerprint density at radius 3 is 2.50 bits per heavy atom. The van der Waals surface area contributed by atoms with E-state index < -0.39 is 10.0 Å². The van der Waals surface area contributed by atoms with Gasteiger partial charge in [0.1, 0.15) is 0 Å². The van der Waals surface area contributed by atoms with Crippen molar-refractivity contribution in [3.8, 4) is 11.5 Å². The Balaban J connectivity index is 1.63. The molecule has 8 heteroatoms. The lowest BCUT2D eigenvalue weighted by Crippen LogP contribution is -2.26. The minimum absolute atomic E-state index is 0.0270. The van der Waals surface area contributed by atoms with E-state index in [1.165, 1.54) is 37.4 Å². The fourth-order valence-corrected chi connectivity index (χ4v) is 3.70. The van der Waals surface area contributed by atoms with E-state index in [2.05, 4.69) is 10.0 Å². The highest BCUT2D eigenvalue weighted by Crippen LogP contribution is 2.26. The van der Waals surface area contributed by atoms with Gasteiger partial charge >= 0.3 is 0 Å². The minimum Gasteiger partial charge on any atom is -0.504 e. The van der Waals surface area contributed by atoms with Gasteiger partial charge in [-0.05, 0) is 54.8 Å². The number of benzene rings is 2. The summed E-state index contributed by atoms with van der Waals surface area (Å²) in [6, 6.07) is 10.6. The molecule has 1 saturated carbocycles. The van der Waals surface area contributed by atoms with E-state index in [0.717, 1.165) is 18.4 Å². The molecule has 0 radical (unpaired) electrons. The van der Waals surface area contributed by atoms with Crippen molar-refractivity contribution in [3.05, 3.63) is 53.6 Å². The first-order valence-corrected chi connectivity index (χ1v) is 9.64. The molecule has 138 valence electrons. The summed E-state index contributed by atoms with van der Waals surface area (Å²) >= 11 is 0. The van der Waals surface area contributed by atoms with Crippen LogP contribution in [0.1, 0.15) is 28.8 Å². The van der Waals surface area contributed by atoms with E-state index in [4.69, 9.17) is 4.74 Å². The second-order valence-corrected chi connectivity index (χ2v) is 7.82. The molecule has 7 nitrogen and oxygen atoms in total. The number of carbonyl (C=O) groups excluding carboxylic acids is 1. The predicted octanol–water partition coefficient (Wildman–Crippen LogP) is 1.77. The summed E-state index contributed by atoms with van der Waals surface area (Å²) in [4.78, 5) is 12.4. The third-order valence-corrected chi connectivity index (χ3v) is 5.56. The van der Waals surface area contributed by atoms with Gasteiger partial charge in [-0.15, -0.1) is 0 Å². The smallest absolute Gasteiger partial charge is 0.251 e. The Labute approximate surface area is 152 Å². The van der Waals surface area contributed by atoms with Crippen molar-refractivity contribution in [3.63, 3.8) is 0 Å². The summed E-state index contributed by atoms with van der Waals surface area (Å²) in [7, 11) is -2.08. The highest BCUT2D eigenvalue weighted by molar-refractivity contribution is 7.89. The second-order valence-electron chi connectivity index (χ2n) is 6.11. The van der Waals surface area contributed by atoms with E-state index in [1.807, 2.05) is 0 Å². The Bertz CT molecular complexity index is 906. The van der Waals surface area contributed by atoms with E-state index in [-0.39, 0.29) is 29.1 Å². The van der Waals surface area contributed by atoms with E-state index in [0.29, 0.717) is 11.3 Å². The highest BCUT2D eigenvalue weighted by Gasteiger charge is 2.27. The summed E-state index contributed by atoms with van der Waals surface area (Å²) in [5, 5.41) is 12.3. The molecule has 0 atom stereocenters. The van der Waals surface area contributed by atoms with Crippen LogP contribution in [0.3, 0.4) is 0 Å². The fraction of sp³-hybridized carbons (Fsp3) is 0.278. The Morgan fingerprint density at radius 1 is 1.19 bits per heavy atom. The van der Waals surface area contributed by atoms with Crippen molar-refractivity contribution in [1.82, 2.24) is 10.0 Å². The molecule has 26 heavy (non-hydrogen) atoms. The van der Waals surface area contributed by atoms with Gasteiger partial charge < -0.3 is 15.2 Å². The monoisotopic (exact) mass is 376 g/mol. The average molecular weight is 376 g/mol. The molecule has 1 fully saturated rings. The number of phenols is 1. The number of rotatable bonds is 7. The van der Waals surface area contributed by atoms with E-state index in [9.17, 15) is 18.3 Å². The van der Waals surface area contributed by atoms with Crippen LogP contribution in [0.25, 0.3) is 0 Å². The lowest BCUT2D eigenvalue weighted by atomic mass is 10.1. The molecule has 2 aromatic rings. The summed E-state index contributed by atoms with van der Waals surface area (Å²) in [5.41, 5.74) is 1.13. The van der Waals surface area contributed by atoms with Crippen LogP contribution in [0.15, 0.2) is 47.4 Å². The molecule has 2 aromatic carbocycles. The van der Waals surface area contributed by atoms with Crippen LogP contribution in [0.5, 0.6) is 11.5 Å². The minimum atomic E-state index is -3.53. The third-order valence-electron chi connectivity index (χ3n) is 4.02. The van der Waals surface area contributed by atoms with Gasteiger partial charge in [-0.3, -0.25) is 4.79 Å². The molecule has 0 unspecified atom stereocenters. The maximum Gasteiger partial charge on any atom is 0.251 e. The van der Waals surface area contributed by atoms with Crippen molar-refractivity contribution in [2.24, 2.45) is 0 Å². The molecule has 1 aliphatic rings. The molecule has 0 heterocycles. The number of sulfonamides is 1. The number of hydrogen-bond donors (Lipinski definition) is 3. The lowest BCUT2D eigenvalue weighted by molar-refractivity contribution is 0.0950. The van der Waals surface area contributed by atoms with Crippen LogP contribution >= 0.6 is 0 Å². The summed E-state index contributed by atoms with van der Waals surface area (Å²) in [5.74, 6) is 0.0322. The molecule has 0 aliphatic heterocycles. The molecule has 3 N–H and O–H groups in total. The molecule has 0 aromatic heterocycles. The van der Waals surface area contributed by atoms with Gasteiger partial charge in [-0.2, -0.15) is 0 Å². The topological polar surface area (TPSA) is 105 Å². The molecule has 3 rings (SSSR count). The number of hydrogen-bond acceptors (Lipinski definition) is 5. The normalized spacial score (nSPS) is 14.0. The predicted molar refractivity (Wildman–Crippen MR) is 95.6 cm³/mol. The molecule has 1 aliphatic carbocycles. The average Bonchev–Trinajstić information content (AvgIpc) is 3.44. The van der Waals surface area contributed by atoms with Crippen molar-refractivity contribution in [1.29, 1.82) is 0 Å². The van der Waals surface area contributed by atoms with Crippen molar-refractivity contribution in [2.45, 2.75) is 30.3 Å². The summed E-state index contributed by atoms with van der Waals surface area (Å²) < 4.78 is 31.9. The second kappa shape index (κ2) is 7.35. The number of ether oxygens (including phenoxy) is 1. The maximum absolute atomic E-state index is 12.2. The van der Waals surface area contributed by atoms with Crippen LogP contribution in [-0.4, -0.2) is 32.6 Å². The van der Waals surface area contributed by atoms with Crippen LogP contribution < -0.4 is 14.8 Å². The summed E-state index contributed by atoms with van der Waals surface area (Å²) in [6.45, 7) is 0.249. The zero-order valence-corrected chi connectivity index (χ0v) is 15.0. The quantitative estimate of drug-likeness (QED) is 0.683. The molecule has 0 bridgehead atoms. The van der Waals surface area contributed by atoms with Crippen LogP contribution in [0.2, 0.25) is 0 Å². The molecular formula is C18H20N2O5S. The van der Waals surface area contributed by atoms with Gasteiger partial charge in [-0.25, -0.2) is 13.1 Å². The standard InChI is InChI=1S/C18H20N2O5S/c1-25-17-10-12(2-9-16(17)21)11-19-18(22)13-3-7-15(8-4-13)26(23,24)20-14-5-6-14/h2-4,7-10,14,20-21H,5-6,11H2,1H3,(H,19,22). The first-order valence-electron chi connectivity index (χ1n) is 8.15. The maximum atomic E-state index is 12.2. The zero-order chi connectivity index (χ0) is 18.7. The highest BCUT2D eigenvalue weighted by atomic mass is 32.2. The van der Waals surface area contributed by atoms with Crippen LogP contribution in [-0.2, 0) is 16.6 Å². The SMILES string of the molecule is COc1cc(CNC(=O)c2ccc(S(=O)(=O)NC3CC3)cc2)ccc1O. The largest absolute Gasteiger partial charge is 0.504 e. The Morgan fingerprint density at radius 2 is 1.88 bits per heavy atom. The molecular weight excluding hydrogens is 356 g/mol. The van der Waals surface area contributed by atoms with Gasteiger partial charge in [0.25, 0.3) is 5.91 Å². The number of amides is 1. The summed E-state index contributed by atoms with van der Waals surface area (Å²) in [6.07, 6.45) is 1.73. The van der Waals surface area contributed by atoms with Crippen molar-refractivity contribution < 1.29 is 23.1 Å². The number of phenolic OH excluding ortho intramolecular Hbond substituents is 1. The fourth-order valence-electron chi connectivity index (χ4n) is 2.39. The number of carbonyl (C=O) groups is 1. The third kappa shape index (κ3) is 4.33. The number of aromatic hydroxyl groups is 1. The Kier molecular flexibility index (Phi) is 5.15. The zero-order valence-electron chi connectivity index (χ0n) is 14.2. The Hall–Kier alpha value is -2.58. The molecule has 1 amide bonds. The number of nitrogens with one attached hydrogen (secondary N) is 2. The van der Waals surface area contributed by atoms with Gasteiger partial charge in [0, 0.05) is 18.2 Å². The first kappa shape index (κ1) is 18.2. The van der Waals surface area contributed by atoms with Crippen LogP contribution in [0, 0.1) is 0 Å². The van der Waals surface area contributed by atoms with Gasteiger partial charge in [0.2, 0.25) is 10.0 Å². The van der Waals surface area contributed by atoms with Gasteiger partial charge in [0.05, 0.1) is 12.0 Å². The lowest BCUT2D eigenvalue weighted by Gasteiger charge is -2.09. The van der Waals surface area contributed by atoms with E-state index in [1.54, 1.807) is 12.1 Å². The molecule has 0 spiro atoms. The van der Waals surface area contributed by atoms with E-state index >= 15 is 0 Å². The first-order chi connectivity index (χ1) is 12.4. The van der Waals surface area contributed by atoms with Crippen molar-refractivity contribution >= 4 is 15.9 Å².